The van der Waals surface area contributed by atoms with E-state index in [1.807, 2.05) is 58.8 Å². The molecular formula is C30H34N4O4S. The highest BCUT2D eigenvalue weighted by molar-refractivity contribution is 7.09. The van der Waals surface area contributed by atoms with Crippen LogP contribution in [0.4, 0.5) is 0 Å². The third-order valence-corrected chi connectivity index (χ3v) is 8.86. The fourth-order valence-electron chi connectivity index (χ4n) is 5.77. The van der Waals surface area contributed by atoms with Gasteiger partial charge in [0.25, 0.3) is 5.91 Å². The summed E-state index contributed by atoms with van der Waals surface area (Å²) in [7, 11) is 4.17. The lowest BCUT2D eigenvalue weighted by molar-refractivity contribution is -0.145. The first-order valence-electron chi connectivity index (χ1n) is 13.3. The van der Waals surface area contributed by atoms with Crippen LogP contribution in [0.3, 0.4) is 0 Å². The van der Waals surface area contributed by atoms with Gasteiger partial charge < -0.3 is 20.2 Å². The Kier molecular flexibility index (Phi) is 7.81. The minimum absolute atomic E-state index is 0.0600. The predicted octanol–water partition coefficient (Wildman–Crippen LogP) is 3.85. The molecule has 2 amide bonds. The van der Waals surface area contributed by atoms with E-state index in [1.165, 1.54) is 11.3 Å². The molecule has 2 heterocycles. The van der Waals surface area contributed by atoms with Gasteiger partial charge in [-0.2, -0.15) is 0 Å². The fourth-order valence-corrected chi connectivity index (χ4v) is 6.51. The van der Waals surface area contributed by atoms with Crippen LogP contribution in [0.5, 0.6) is 0 Å². The second-order valence-electron chi connectivity index (χ2n) is 10.8. The van der Waals surface area contributed by atoms with Gasteiger partial charge in [0.05, 0.1) is 24.1 Å². The number of carboxylic acids is 1. The number of nitrogens with zero attached hydrogens (tertiary/aromatic N) is 3. The molecule has 0 unspecified atom stereocenters. The van der Waals surface area contributed by atoms with Crippen molar-refractivity contribution in [2.24, 2.45) is 5.41 Å². The highest BCUT2D eigenvalue weighted by Gasteiger charge is 2.45. The van der Waals surface area contributed by atoms with E-state index in [1.54, 1.807) is 0 Å². The lowest BCUT2D eigenvalue weighted by atomic mass is 9.80. The maximum absolute atomic E-state index is 13.3. The van der Waals surface area contributed by atoms with E-state index < -0.39 is 11.4 Å². The first-order valence-corrected chi connectivity index (χ1v) is 14.2. The van der Waals surface area contributed by atoms with Crippen molar-refractivity contribution in [1.82, 2.24) is 20.1 Å². The Morgan fingerprint density at radius 1 is 1.05 bits per heavy atom. The van der Waals surface area contributed by atoms with Crippen molar-refractivity contribution < 1.29 is 19.5 Å². The number of hydrogen-bond donors (Lipinski definition) is 2. The van der Waals surface area contributed by atoms with E-state index in [0.717, 1.165) is 53.3 Å². The number of fused-ring (bicyclic) bond motifs is 1. The van der Waals surface area contributed by atoms with Crippen molar-refractivity contribution in [2.45, 2.75) is 44.7 Å². The molecule has 0 spiro atoms. The second-order valence-corrected chi connectivity index (χ2v) is 11.8. The summed E-state index contributed by atoms with van der Waals surface area (Å²) in [6.07, 6.45) is 2.60. The standard InChI is InChI=1S/C30H34N4O4S/c1-33(2)24-11-13-34(14-12-24)28(37)21-9-7-20(8-10-21)25-19-39-26(32-25)18-31-29(38)30(17-27(35)36)15-22-5-3-4-6-23(22)16-30/h3-10,19,24H,11-18H2,1-2H3,(H,31,38)(H,35,36). The zero-order chi connectivity index (χ0) is 27.6. The summed E-state index contributed by atoms with van der Waals surface area (Å²) in [6, 6.07) is 15.8. The van der Waals surface area contributed by atoms with Gasteiger partial charge in [0, 0.05) is 35.6 Å². The molecule has 204 valence electrons. The second kappa shape index (κ2) is 11.3. The van der Waals surface area contributed by atoms with E-state index in [0.29, 0.717) is 24.4 Å². The number of hydrogen-bond acceptors (Lipinski definition) is 6. The summed E-state index contributed by atoms with van der Waals surface area (Å²) >= 11 is 1.44. The monoisotopic (exact) mass is 546 g/mol. The molecule has 1 fully saturated rings. The fraction of sp³-hybridized carbons (Fsp3) is 0.400. The average molecular weight is 547 g/mol. The number of rotatable bonds is 8. The van der Waals surface area contributed by atoms with Gasteiger partial charge in [0.15, 0.2) is 0 Å². The number of carboxylic acid groups (broad SMARTS) is 1. The van der Waals surface area contributed by atoms with Gasteiger partial charge in [0.2, 0.25) is 5.91 Å². The molecule has 1 aliphatic carbocycles. The smallest absolute Gasteiger partial charge is 0.304 e. The largest absolute Gasteiger partial charge is 0.481 e. The van der Waals surface area contributed by atoms with Crippen molar-refractivity contribution in [3.05, 3.63) is 75.6 Å². The van der Waals surface area contributed by atoms with Crippen LogP contribution in [0.2, 0.25) is 0 Å². The molecule has 8 nitrogen and oxygen atoms in total. The maximum atomic E-state index is 13.3. The van der Waals surface area contributed by atoms with Crippen molar-refractivity contribution in [3.63, 3.8) is 0 Å². The third kappa shape index (κ3) is 5.89. The lowest BCUT2D eigenvalue weighted by Gasteiger charge is -2.35. The molecule has 5 rings (SSSR count). The highest BCUT2D eigenvalue weighted by atomic mass is 32.1. The number of aliphatic carboxylic acids is 1. The van der Waals surface area contributed by atoms with Gasteiger partial charge >= 0.3 is 5.97 Å². The first-order chi connectivity index (χ1) is 18.7. The minimum atomic E-state index is -0.986. The molecule has 0 bridgehead atoms. The predicted molar refractivity (Wildman–Crippen MR) is 151 cm³/mol. The van der Waals surface area contributed by atoms with Crippen molar-refractivity contribution in [3.8, 4) is 11.3 Å². The number of nitrogens with one attached hydrogen (secondary N) is 1. The summed E-state index contributed by atoms with van der Waals surface area (Å²) in [5.74, 6) is -1.17. The molecule has 39 heavy (non-hydrogen) atoms. The van der Waals surface area contributed by atoms with Crippen LogP contribution in [-0.2, 0) is 29.0 Å². The highest BCUT2D eigenvalue weighted by Crippen LogP contribution is 2.40. The zero-order valence-electron chi connectivity index (χ0n) is 22.4. The average Bonchev–Trinajstić information content (AvgIpc) is 3.56. The summed E-state index contributed by atoms with van der Waals surface area (Å²) in [5.41, 5.74) is 3.44. The molecule has 0 saturated carbocycles. The number of benzene rings is 2. The maximum Gasteiger partial charge on any atom is 0.304 e. The number of carbonyl (C=O) groups excluding carboxylic acids is 2. The Balaban J connectivity index is 1.19. The Labute approximate surface area is 232 Å². The molecule has 1 saturated heterocycles. The normalized spacial score (nSPS) is 16.7. The van der Waals surface area contributed by atoms with E-state index in [4.69, 9.17) is 0 Å². The molecule has 9 heteroatoms. The van der Waals surface area contributed by atoms with E-state index >= 15 is 0 Å². The van der Waals surface area contributed by atoms with Crippen LogP contribution in [0, 0.1) is 5.41 Å². The topological polar surface area (TPSA) is 103 Å². The Morgan fingerprint density at radius 2 is 1.69 bits per heavy atom. The first kappa shape index (κ1) is 27.0. The van der Waals surface area contributed by atoms with Gasteiger partial charge in [-0.05, 0) is 63.0 Å². The van der Waals surface area contributed by atoms with Gasteiger partial charge in [-0.15, -0.1) is 11.3 Å². The third-order valence-electron chi connectivity index (χ3n) is 8.01. The van der Waals surface area contributed by atoms with Gasteiger partial charge in [0.1, 0.15) is 5.01 Å². The van der Waals surface area contributed by atoms with Gasteiger partial charge in [-0.25, -0.2) is 4.98 Å². The molecule has 0 radical (unpaired) electrons. The Hall–Kier alpha value is -3.56. The van der Waals surface area contributed by atoms with Crippen molar-refractivity contribution in [2.75, 3.05) is 27.2 Å². The van der Waals surface area contributed by atoms with Crippen LogP contribution in [0.25, 0.3) is 11.3 Å². The van der Waals surface area contributed by atoms with Crippen LogP contribution < -0.4 is 5.32 Å². The van der Waals surface area contributed by atoms with Crippen LogP contribution in [-0.4, -0.2) is 70.9 Å². The van der Waals surface area contributed by atoms with Crippen LogP contribution >= 0.6 is 11.3 Å². The molecule has 0 atom stereocenters. The van der Waals surface area contributed by atoms with E-state index in [9.17, 15) is 19.5 Å². The molecule has 1 aromatic heterocycles. The van der Waals surface area contributed by atoms with Crippen molar-refractivity contribution >= 4 is 29.1 Å². The summed E-state index contributed by atoms with van der Waals surface area (Å²) < 4.78 is 0. The molecular weight excluding hydrogens is 512 g/mol. The Morgan fingerprint density at radius 3 is 2.28 bits per heavy atom. The lowest BCUT2D eigenvalue weighted by Crippen LogP contribution is -2.44. The molecule has 1 aliphatic heterocycles. The van der Waals surface area contributed by atoms with Crippen LogP contribution in [0.15, 0.2) is 53.9 Å². The molecule has 3 aromatic rings. The number of carbonyl (C=O) groups is 3. The number of amides is 2. The Bertz CT molecular complexity index is 1330. The van der Waals surface area contributed by atoms with Crippen molar-refractivity contribution in [1.29, 1.82) is 0 Å². The zero-order valence-corrected chi connectivity index (χ0v) is 23.2. The van der Waals surface area contributed by atoms with E-state index in [2.05, 4.69) is 29.3 Å². The minimum Gasteiger partial charge on any atom is -0.481 e. The van der Waals surface area contributed by atoms with Gasteiger partial charge in [-0.1, -0.05) is 36.4 Å². The summed E-state index contributed by atoms with van der Waals surface area (Å²) in [6.45, 7) is 1.77. The molecule has 2 aromatic carbocycles. The molecule has 2 N–H and O–H groups in total. The van der Waals surface area contributed by atoms with Gasteiger partial charge in [-0.3, -0.25) is 14.4 Å². The number of piperidine rings is 1. The number of aromatic nitrogens is 1. The quantitative estimate of drug-likeness (QED) is 0.445. The summed E-state index contributed by atoms with van der Waals surface area (Å²) in [5, 5.41) is 15.1. The number of likely N-dealkylation sites (tertiary alicyclic amines) is 1. The van der Waals surface area contributed by atoms with E-state index in [-0.39, 0.29) is 24.8 Å². The number of thiazole rings is 1. The van der Waals surface area contributed by atoms with Crippen LogP contribution in [0.1, 0.15) is 45.8 Å². The molecule has 2 aliphatic rings. The SMILES string of the molecule is CN(C)C1CCN(C(=O)c2ccc(-c3csc(CNC(=O)C4(CC(=O)O)Cc5ccccc5C4)n3)cc2)CC1. The summed E-state index contributed by atoms with van der Waals surface area (Å²) in [4.78, 5) is 46.7.